The van der Waals surface area contributed by atoms with Gasteiger partial charge in [-0.15, -0.1) is 0 Å². The zero-order valence-electron chi connectivity index (χ0n) is 10.5. The van der Waals surface area contributed by atoms with E-state index in [1.165, 1.54) is 0 Å². The highest BCUT2D eigenvalue weighted by atomic mass is 15.3. The molecule has 1 heterocycles. The van der Waals surface area contributed by atoms with Crippen molar-refractivity contribution in [2.45, 2.75) is 40.7 Å². The van der Waals surface area contributed by atoms with Gasteiger partial charge in [0.2, 0.25) is 0 Å². The van der Waals surface area contributed by atoms with Crippen LogP contribution in [-0.4, -0.2) is 42.5 Å². The van der Waals surface area contributed by atoms with Crippen LogP contribution < -0.4 is 0 Å². The molecule has 1 fully saturated rings. The van der Waals surface area contributed by atoms with Crippen molar-refractivity contribution in [2.75, 3.05) is 26.7 Å². The maximum Gasteiger partial charge on any atom is 0.179 e. The van der Waals surface area contributed by atoms with Crippen LogP contribution in [0.3, 0.4) is 0 Å². The molecule has 1 atom stereocenters. The molecule has 0 saturated carbocycles. The van der Waals surface area contributed by atoms with E-state index in [0.717, 1.165) is 19.6 Å². The van der Waals surface area contributed by atoms with Crippen molar-refractivity contribution in [3.8, 4) is 6.19 Å². The van der Waals surface area contributed by atoms with Crippen molar-refractivity contribution < 1.29 is 0 Å². The van der Waals surface area contributed by atoms with E-state index in [1.54, 1.807) is 0 Å². The first-order chi connectivity index (χ1) is 6.74. The molecule has 0 aromatic rings. The Bertz CT molecular complexity index is 151. The number of hydrogen-bond donors (Lipinski definition) is 0. The molecule has 3 heteroatoms. The zero-order valence-corrected chi connectivity index (χ0v) is 10.5. The van der Waals surface area contributed by atoms with Gasteiger partial charge in [0.1, 0.15) is 0 Å². The van der Waals surface area contributed by atoms with Crippen LogP contribution in [0.15, 0.2) is 0 Å². The minimum absolute atomic E-state index is 0.392. The largest absolute Gasteiger partial charge is 0.305 e. The van der Waals surface area contributed by atoms with Crippen molar-refractivity contribution in [2.24, 2.45) is 0 Å². The normalized spacial score (nSPS) is 20.9. The highest BCUT2D eigenvalue weighted by Crippen LogP contribution is 2.04. The predicted molar refractivity (Wildman–Crippen MR) is 62.0 cm³/mol. The number of nitriles is 1. The average Bonchev–Trinajstić information content (AvgIpc) is 2.24. The van der Waals surface area contributed by atoms with Gasteiger partial charge in [-0.3, -0.25) is 0 Å². The molecule has 0 aromatic heterocycles. The minimum atomic E-state index is 0.392. The molecule has 0 N–H and O–H groups in total. The predicted octanol–water partition coefficient (Wildman–Crippen LogP) is 2.16. The molecule has 0 aliphatic carbocycles. The highest BCUT2D eigenvalue weighted by molar-refractivity contribution is 4.85. The van der Waals surface area contributed by atoms with Gasteiger partial charge in [0.25, 0.3) is 0 Å². The summed E-state index contributed by atoms with van der Waals surface area (Å²) in [4.78, 5) is 4.08. The molecule has 0 unspecified atom stereocenters. The molecule has 84 valence electrons. The summed E-state index contributed by atoms with van der Waals surface area (Å²) >= 11 is 0. The highest BCUT2D eigenvalue weighted by Gasteiger charge is 2.19. The molecule has 0 aromatic carbocycles. The van der Waals surface area contributed by atoms with Crippen LogP contribution in [-0.2, 0) is 0 Å². The number of likely N-dealkylation sites (N-methyl/N-ethyl adjacent to an activating group) is 1. The van der Waals surface area contributed by atoms with E-state index in [2.05, 4.69) is 25.1 Å². The third-order valence-corrected chi connectivity index (χ3v) is 1.96. The molecule has 0 amide bonds. The topological polar surface area (TPSA) is 30.3 Å². The fourth-order valence-electron chi connectivity index (χ4n) is 1.29. The van der Waals surface area contributed by atoms with E-state index >= 15 is 0 Å². The maximum absolute atomic E-state index is 8.61. The van der Waals surface area contributed by atoms with Gasteiger partial charge in [0.15, 0.2) is 6.19 Å². The van der Waals surface area contributed by atoms with Crippen LogP contribution in [0.1, 0.15) is 34.6 Å². The number of piperazine rings is 1. The Morgan fingerprint density at radius 1 is 1.14 bits per heavy atom. The summed E-state index contributed by atoms with van der Waals surface area (Å²) in [6.07, 6.45) is 2.18. The molecule has 3 nitrogen and oxygen atoms in total. The Kier molecular flexibility index (Phi) is 11.6. The lowest BCUT2D eigenvalue weighted by Crippen LogP contribution is -2.47. The second-order valence-corrected chi connectivity index (χ2v) is 2.90. The summed E-state index contributed by atoms with van der Waals surface area (Å²) in [5.41, 5.74) is 0. The fourth-order valence-corrected chi connectivity index (χ4v) is 1.29. The second-order valence-electron chi connectivity index (χ2n) is 2.90. The number of nitrogens with zero attached hydrogens (tertiary/aromatic N) is 3. The Morgan fingerprint density at radius 2 is 1.64 bits per heavy atom. The second kappa shape index (κ2) is 10.3. The number of hydrogen-bond acceptors (Lipinski definition) is 3. The van der Waals surface area contributed by atoms with Gasteiger partial charge in [0.05, 0.1) is 0 Å². The fraction of sp³-hybridized carbons (Fsp3) is 0.909. The van der Waals surface area contributed by atoms with Crippen LogP contribution >= 0.6 is 0 Å². The van der Waals surface area contributed by atoms with Crippen LogP contribution in [0, 0.1) is 11.5 Å². The van der Waals surface area contributed by atoms with E-state index in [1.807, 2.05) is 32.6 Å². The molecule has 0 spiro atoms. The van der Waals surface area contributed by atoms with E-state index in [-0.39, 0.29) is 0 Å². The van der Waals surface area contributed by atoms with Crippen molar-refractivity contribution in [1.29, 1.82) is 5.26 Å². The van der Waals surface area contributed by atoms with Crippen LogP contribution in [0.2, 0.25) is 0 Å². The SMILES string of the molecule is CC.CC.C[C@@H]1CN(C)CCN1C#N. The smallest absolute Gasteiger partial charge is 0.179 e. The lowest BCUT2D eigenvalue weighted by atomic mass is 10.2. The van der Waals surface area contributed by atoms with E-state index < -0.39 is 0 Å². The van der Waals surface area contributed by atoms with Crippen molar-refractivity contribution in [3.05, 3.63) is 0 Å². The van der Waals surface area contributed by atoms with E-state index in [0.29, 0.717) is 6.04 Å². The Morgan fingerprint density at radius 3 is 2.00 bits per heavy atom. The van der Waals surface area contributed by atoms with Crippen molar-refractivity contribution >= 4 is 0 Å². The van der Waals surface area contributed by atoms with Crippen molar-refractivity contribution in [3.63, 3.8) is 0 Å². The lowest BCUT2D eigenvalue weighted by Gasteiger charge is -2.34. The van der Waals surface area contributed by atoms with Crippen LogP contribution in [0.4, 0.5) is 0 Å². The number of rotatable bonds is 0. The minimum Gasteiger partial charge on any atom is -0.305 e. The maximum atomic E-state index is 8.61. The molecule has 1 aliphatic rings. The summed E-state index contributed by atoms with van der Waals surface area (Å²) in [6, 6.07) is 0.392. The summed E-state index contributed by atoms with van der Waals surface area (Å²) < 4.78 is 0. The molecule has 14 heavy (non-hydrogen) atoms. The zero-order chi connectivity index (χ0) is 11.6. The van der Waals surface area contributed by atoms with Gasteiger partial charge in [0, 0.05) is 25.7 Å². The summed E-state index contributed by atoms with van der Waals surface area (Å²) in [5, 5.41) is 8.61. The summed E-state index contributed by atoms with van der Waals surface area (Å²) in [7, 11) is 2.09. The lowest BCUT2D eigenvalue weighted by molar-refractivity contribution is 0.151. The van der Waals surface area contributed by atoms with Crippen LogP contribution in [0.25, 0.3) is 0 Å². The van der Waals surface area contributed by atoms with Crippen LogP contribution in [0.5, 0.6) is 0 Å². The van der Waals surface area contributed by atoms with Gasteiger partial charge in [-0.05, 0) is 14.0 Å². The molecule has 1 aliphatic heterocycles. The average molecular weight is 199 g/mol. The quantitative estimate of drug-likeness (QED) is 0.560. The first kappa shape index (κ1) is 15.7. The van der Waals surface area contributed by atoms with E-state index in [4.69, 9.17) is 5.26 Å². The molecular formula is C11H25N3. The third kappa shape index (κ3) is 5.82. The van der Waals surface area contributed by atoms with Gasteiger partial charge in [-0.1, -0.05) is 27.7 Å². The molecule has 0 radical (unpaired) electrons. The molecule has 0 bridgehead atoms. The van der Waals surface area contributed by atoms with Gasteiger partial charge in [-0.2, -0.15) is 5.26 Å². The Labute approximate surface area is 89.3 Å². The standard InChI is InChI=1S/C7H13N3.2C2H6/c1-7-5-9(2)3-4-10(7)6-8;2*1-2/h7H,3-5H2,1-2H3;2*1-2H3/t7-;;/m1../s1. The van der Waals surface area contributed by atoms with Gasteiger partial charge >= 0.3 is 0 Å². The molecular weight excluding hydrogens is 174 g/mol. The summed E-state index contributed by atoms with van der Waals surface area (Å²) in [5.74, 6) is 0. The third-order valence-electron chi connectivity index (χ3n) is 1.96. The Hall–Kier alpha value is -0.750. The summed E-state index contributed by atoms with van der Waals surface area (Å²) in [6.45, 7) is 13.0. The Balaban J connectivity index is 0. The van der Waals surface area contributed by atoms with E-state index in [9.17, 15) is 0 Å². The monoisotopic (exact) mass is 199 g/mol. The van der Waals surface area contributed by atoms with Gasteiger partial charge < -0.3 is 9.80 Å². The molecule has 1 rings (SSSR count). The molecule has 1 saturated heterocycles. The van der Waals surface area contributed by atoms with Crippen molar-refractivity contribution in [1.82, 2.24) is 9.80 Å². The first-order valence-electron chi connectivity index (χ1n) is 5.59. The van der Waals surface area contributed by atoms with Gasteiger partial charge in [-0.25, -0.2) is 0 Å². The first-order valence-corrected chi connectivity index (χ1v) is 5.59.